The molecule has 2 amide bonds. The van der Waals surface area contributed by atoms with Crippen molar-refractivity contribution in [1.82, 2.24) is 24.5 Å². The summed E-state index contributed by atoms with van der Waals surface area (Å²) in [7, 11) is 1.74. The number of anilines is 3. The highest BCUT2D eigenvalue weighted by Crippen LogP contribution is 2.34. The van der Waals surface area contributed by atoms with Gasteiger partial charge in [0.25, 0.3) is 0 Å². The van der Waals surface area contributed by atoms with Crippen LogP contribution in [0.15, 0.2) is 79.6 Å². The van der Waals surface area contributed by atoms with Gasteiger partial charge < -0.3 is 16.0 Å². The summed E-state index contributed by atoms with van der Waals surface area (Å²) in [6.07, 6.45) is 2.34. The standard InChI is InChI=1S/C27H23F3N8O/c1-31-24-23-25(34-15-33-24)38(16-35-23)21-8-6-19(7-9-21)36-26(39)37-20-5-4-18(22(14-20)27(28,29)30)3-2-17-10-12-32-13-11-17/h4-16H,2-3H2,1H3,(H,31,33,34)(H2,36,37,39). The number of aryl methyl sites for hydroxylation is 2. The predicted molar refractivity (Wildman–Crippen MR) is 142 cm³/mol. The number of imidazole rings is 1. The summed E-state index contributed by atoms with van der Waals surface area (Å²) in [5, 5.41) is 8.09. The molecule has 2 aromatic carbocycles. The van der Waals surface area contributed by atoms with E-state index in [1.54, 1.807) is 66.7 Å². The third-order valence-corrected chi connectivity index (χ3v) is 6.08. The highest BCUT2D eigenvalue weighted by atomic mass is 19.4. The fraction of sp³-hybridized carbons (Fsp3) is 0.148. The second-order valence-corrected chi connectivity index (χ2v) is 8.61. The van der Waals surface area contributed by atoms with E-state index in [0.717, 1.165) is 17.3 Å². The second kappa shape index (κ2) is 10.8. The first kappa shape index (κ1) is 25.6. The Morgan fingerprint density at radius 1 is 0.897 bits per heavy atom. The summed E-state index contributed by atoms with van der Waals surface area (Å²) < 4.78 is 43.1. The third-order valence-electron chi connectivity index (χ3n) is 6.08. The van der Waals surface area contributed by atoms with Gasteiger partial charge in [0.1, 0.15) is 12.7 Å². The first-order valence-electron chi connectivity index (χ1n) is 11.9. The largest absolute Gasteiger partial charge is 0.416 e. The molecule has 0 aliphatic heterocycles. The molecule has 0 atom stereocenters. The number of aromatic nitrogens is 5. The molecule has 39 heavy (non-hydrogen) atoms. The van der Waals surface area contributed by atoms with Crippen molar-refractivity contribution in [3.8, 4) is 5.69 Å². The molecule has 9 nitrogen and oxygen atoms in total. The van der Waals surface area contributed by atoms with Crippen molar-refractivity contribution < 1.29 is 18.0 Å². The van der Waals surface area contributed by atoms with Crippen LogP contribution >= 0.6 is 0 Å². The lowest BCUT2D eigenvalue weighted by Crippen LogP contribution is -2.20. The van der Waals surface area contributed by atoms with Crippen molar-refractivity contribution >= 4 is 34.4 Å². The van der Waals surface area contributed by atoms with E-state index in [1.165, 1.54) is 18.5 Å². The molecule has 0 aliphatic carbocycles. The Balaban J connectivity index is 1.27. The number of hydrogen-bond acceptors (Lipinski definition) is 6. The molecule has 0 radical (unpaired) electrons. The van der Waals surface area contributed by atoms with Gasteiger partial charge in [-0.2, -0.15) is 13.2 Å². The Kier molecular flexibility index (Phi) is 7.08. The van der Waals surface area contributed by atoms with E-state index >= 15 is 0 Å². The lowest BCUT2D eigenvalue weighted by molar-refractivity contribution is -0.138. The zero-order valence-electron chi connectivity index (χ0n) is 20.7. The number of carbonyl (C=O) groups is 1. The Labute approximate surface area is 221 Å². The molecule has 0 saturated heterocycles. The molecule has 12 heteroatoms. The lowest BCUT2D eigenvalue weighted by Gasteiger charge is -2.15. The second-order valence-electron chi connectivity index (χ2n) is 8.61. The van der Waals surface area contributed by atoms with Gasteiger partial charge in [-0.1, -0.05) is 6.07 Å². The summed E-state index contributed by atoms with van der Waals surface area (Å²) in [4.78, 5) is 29.3. The smallest absolute Gasteiger partial charge is 0.371 e. The van der Waals surface area contributed by atoms with Crippen LogP contribution in [0.2, 0.25) is 0 Å². The van der Waals surface area contributed by atoms with Crippen LogP contribution in [0, 0.1) is 0 Å². The molecule has 3 N–H and O–H groups in total. The normalized spacial score (nSPS) is 11.4. The van der Waals surface area contributed by atoms with Gasteiger partial charge in [0, 0.05) is 36.5 Å². The van der Waals surface area contributed by atoms with Gasteiger partial charge in [-0.15, -0.1) is 0 Å². The maximum Gasteiger partial charge on any atom is 0.416 e. The van der Waals surface area contributed by atoms with Gasteiger partial charge in [0.15, 0.2) is 17.0 Å². The van der Waals surface area contributed by atoms with E-state index in [1.807, 2.05) is 0 Å². The van der Waals surface area contributed by atoms with Crippen LogP contribution in [0.5, 0.6) is 0 Å². The van der Waals surface area contributed by atoms with Crippen molar-refractivity contribution in [1.29, 1.82) is 0 Å². The maximum absolute atomic E-state index is 13.8. The Hall–Kier alpha value is -5.00. The Morgan fingerprint density at radius 2 is 1.62 bits per heavy atom. The van der Waals surface area contributed by atoms with Crippen LogP contribution < -0.4 is 16.0 Å². The van der Waals surface area contributed by atoms with Crippen molar-refractivity contribution in [2.75, 3.05) is 23.0 Å². The van der Waals surface area contributed by atoms with E-state index in [4.69, 9.17) is 0 Å². The molecular formula is C27H23F3N8O. The molecule has 198 valence electrons. The molecule has 0 saturated carbocycles. The minimum Gasteiger partial charge on any atom is -0.371 e. The average molecular weight is 533 g/mol. The van der Waals surface area contributed by atoms with Gasteiger partial charge in [0.05, 0.1) is 5.56 Å². The number of amides is 2. The van der Waals surface area contributed by atoms with Gasteiger partial charge in [-0.25, -0.2) is 19.7 Å². The SMILES string of the molecule is CNc1ncnc2c1ncn2-c1ccc(NC(=O)Nc2ccc(CCc3ccncc3)c(C(F)(F)F)c2)cc1. The number of hydrogen-bond donors (Lipinski definition) is 3. The molecule has 3 heterocycles. The fourth-order valence-electron chi connectivity index (χ4n) is 4.17. The molecule has 0 aliphatic rings. The van der Waals surface area contributed by atoms with E-state index in [2.05, 4.69) is 35.9 Å². The quantitative estimate of drug-likeness (QED) is 0.248. The predicted octanol–water partition coefficient (Wildman–Crippen LogP) is 5.70. The van der Waals surface area contributed by atoms with Crippen molar-refractivity contribution in [2.24, 2.45) is 0 Å². The average Bonchev–Trinajstić information content (AvgIpc) is 3.37. The van der Waals surface area contributed by atoms with Crippen LogP contribution in [0.25, 0.3) is 16.9 Å². The van der Waals surface area contributed by atoms with Crippen LogP contribution in [-0.2, 0) is 19.0 Å². The first-order chi connectivity index (χ1) is 18.8. The molecule has 5 rings (SSSR count). The van der Waals surface area contributed by atoms with Gasteiger partial charge >= 0.3 is 12.2 Å². The number of urea groups is 1. The number of nitrogens with one attached hydrogen (secondary N) is 3. The number of rotatable bonds is 7. The van der Waals surface area contributed by atoms with Crippen molar-refractivity contribution in [3.05, 3.63) is 96.3 Å². The maximum atomic E-state index is 13.8. The van der Waals surface area contributed by atoms with E-state index in [9.17, 15) is 18.0 Å². The van der Waals surface area contributed by atoms with Crippen LogP contribution in [0.1, 0.15) is 16.7 Å². The van der Waals surface area contributed by atoms with Crippen molar-refractivity contribution in [2.45, 2.75) is 19.0 Å². The molecule has 0 unspecified atom stereocenters. The number of halogens is 3. The molecule has 0 bridgehead atoms. The van der Waals surface area contributed by atoms with E-state index in [-0.39, 0.29) is 17.7 Å². The van der Waals surface area contributed by atoms with E-state index < -0.39 is 17.8 Å². The van der Waals surface area contributed by atoms with Crippen molar-refractivity contribution in [3.63, 3.8) is 0 Å². The Bertz CT molecular complexity index is 1600. The fourth-order valence-corrected chi connectivity index (χ4v) is 4.17. The Morgan fingerprint density at radius 3 is 2.33 bits per heavy atom. The number of benzene rings is 2. The zero-order chi connectivity index (χ0) is 27.4. The minimum absolute atomic E-state index is 0.0361. The highest BCUT2D eigenvalue weighted by molar-refractivity contribution is 5.99. The number of nitrogens with zero attached hydrogens (tertiary/aromatic N) is 5. The summed E-state index contributed by atoms with van der Waals surface area (Å²) in [6.45, 7) is 0. The summed E-state index contributed by atoms with van der Waals surface area (Å²) in [5.41, 5.74) is 2.73. The first-order valence-corrected chi connectivity index (χ1v) is 11.9. The third kappa shape index (κ3) is 5.79. The summed E-state index contributed by atoms with van der Waals surface area (Å²) >= 11 is 0. The lowest BCUT2D eigenvalue weighted by atomic mass is 9.99. The summed E-state index contributed by atoms with van der Waals surface area (Å²) in [5.74, 6) is 0.601. The van der Waals surface area contributed by atoms with Crippen LogP contribution in [0.3, 0.4) is 0 Å². The number of pyridine rings is 1. The summed E-state index contributed by atoms with van der Waals surface area (Å²) in [6, 6.07) is 13.6. The number of fused-ring (bicyclic) bond motifs is 1. The molecule has 0 fully saturated rings. The minimum atomic E-state index is -4.56. The molecule has 0 spiro atoms. The van der Waals surface area contributed by atoms with Gasteiger partial charge in [0.2, 0.25) is 0 Å². The van der Waals surface area contributed by atoms with E-state index in [0.29, 0.717) is 29.1 Å². The topological polar surface area (TPSA) is 110 Å². The zero-order valence-corrected chi connectivity index (χ0v) is 20.7. The highest BCUT2D eigenvalue weighted by Gasteiger charge is 2.33. The van der Waals surface area contributed by atoms with Crippen LogP contribution in [0.4, 0.5) is 35.2 Å². The number of carbonyl (C=O) groups excluding carboxylic acids is 1. The monoisotopic (exact) mass is 532 g/mol. The van der Waals surface area contributed by atoms with Gasteiger partial charge in [-0.05, 0) is 72.5 Å². The van der Waals surface area contributed by atoms with Gasteiger partial charge in [-0.3, -0.25) is 9.55 Å². The number of alkyl halides is 3. The molecule has 3 aromatic heterocycles. The molecular weight excluding hydrogens is 509 g/mol. The molecule has 5 aromatic rings. The van der Waals surface area contributed by atoms with Crippen LogP contribution in [-0.4, -0.2) is 37.6 Å².